The first-order valence-corrected chi connectivity index (χ1v) is 6.46. The van der Waals surface area contributed by atoms with Gasteiger partial charge < -0.3 is 5.32 Å². The van der Waals surface area contributed by atoms with Crippen molar-refractivity contribution in [1.82, 2.24) is 0 Å². The molecule has 0 aromatic heterocycles. The van der Waals surface area contributed by atoms with Crippen LogP contribution in [0.2, 0.25) is 0 Å². The highest BCUT2D eigenvalue weighted by Gasteiger charge is 2.44. The number of hydrogen-bond acceptors (Lipinski definition) is 1. The Morgan fingerprint density at radius 3 is 2.45 bits per heavy atom. The standard InChI is InChI=1S/C16H13F2NO/c17-11-7-5-10(6-8-11)12-9-13(12)16(20)19-15-4-2-1-3-14(15)18/h1-8,12-13H,9H2,(H,19,20). The van der Waals surface area contributed by atoms with Gasteiger partial charge in [0, 0.05) is 5.92 Å². The van der Waals surface area contributed by atoms with Crippen LogP contribution in [0, 0.1) is 17.6 Å². The van der Waals surface area contributed by atoms with Crippen LogP contribution < -0.4 is 5.32 Å². The molecule has 1 saturated carbocycles. The molecule has 0 spiro atoms. The average Bonchev–Trinajstić information content (AvgIpc) is 3.23. The number of carbonyl (C=O) groups is 1. The molecule has 3 rings (SSSR count). The van der Waals surface area contributed by atoms with Gasteiger partial charge in [0.1, 0.15) is 11.6 Å². The molecule has 20 heavy (non-hydrogen) atoms. The van der Waals surface area contributed by atoms with Gasteiger partial charge in [-0.1, -0.05) is 24.3 Å². The van der Waals surface area contributed by atoms with E-state index in [-0.39, 0.29) is 29.2 Å². The number of rotatable bonds is 3. The van der Waals surface area contributed by atoms with Crippen molar-refractivity contribution in [2.45, 2.75) is 12.3 Å². The van der Waals surface area contributed by atoms with Crippen LogP contribution in [0.5, 0.6) is 0 Å². The third-order valence-corrected chi connectivity index (χ3v) is 3.56. The highest BCUT2D eigenvalue weighted by atomic mass is 19.1. The summed E-state index contributed by atoms with van der Waals surface area (Å²) in [7, 11) is 0. The van der Waals surface area contributed by atoms with E-state index in [1.807, 2.05) is 0 Å². The quantitative estimate of drug-likeness (QED) is 0.907. The van der Waals surface area contributed by atoms with E-state index in [1.54, 1.807) is 24.3 Å². The second-order valence-electron chi connectivity index (χ2n) is 4.97. The Hall–Kier alpha value is -2.23. The molecule has 1 aliphatic rings. The summed E-state index contributed by atoms with van der Waals surface area (Å²) in [6.07, 6.45) is 0.714. The van der Waals surface area contributed by atoms with Gasteiger partial charge in [-0.2, -0.15) is 0 Å². The molecule has 0 bridgehead atoms. The Bertz CT molecular complexity index is 639. The molecule has 0 saturated heterocycles. The molecule has 1 N–H and O–H groups in total. The maximum Gasteiger partial charge on any atom is 0.228 e. The smallest absolute Gasteiger partial charge is 0.228 e. The summed E-state index contributed by atoms with van der Waals surface area (Å²) >= 11 is 0. The van der Waals surface area contributed by atoms with Gasteiger partial charge in [-0.05, 0) is 42.2 Å². The number of benzene rings is 2. The van der Waals surface area contributed by atoms with Gasteiger partial charge in [0.15, 0.2) is 0 Å². The second kappa shape index (κ2) is 5.04. The molecule has 2 atom stereocenters. The largest absolute Gasteiger partial charge is 0.323 e. The summed E-state index contributed by atoms with van der Waals surface area (Å²) in [5, 5.41) is 2.60. The van der Waals surface area contributed by atoms with E-state index >= 15 is 0 Å². The van der Waals surface area contributed by atoms with E-state index in [2.05, 4.69) is 5.32 Å². The maximum absolute atomic E-state index is 13.4. The lowest BCUT2D eigenvalue weighted by Crippen LogP contribution is -2.15. The van der Waals surface area contributed by atoms with Crippen LogP contribution in [0.3, 0.4) is 0 Å². The first-order chi connectivity index (χ1) is 9.65. The lowest BCUT2D eigenvalue weighted by atomic mass is 10.1. The number of anilines is 1. The molecule has 2 unspecified atom stereocenters. The molecule has 102 valence electrons. The van der Waals surface area contributed by atoms with E-state index in [1.165, 1.54) is 24.3 Å². The first-order valence-electron chi connectivity index (χ1n) is 6.46. The minimum Gasteiger partial charge on any atom is -0.323 e. The monoisotopic (exact) mass is 273 g/mol. The van der Waals surface area contributed by atoms with Crippen LogP contribution in [0.25, 0.3) is 0 Å². The summed E-state index contributed by atoms with van der Waals surface area (Å²) in [5.74, 6) is -0.992. The van der Waals surface area contributed by atoms with Crippen molar-refractivity contribution in [2.24, 2.45) is 5.92 Å². The van der Waals surface area contributed by atoms with Crippen LogP contribution in [0.1, 0.15) is 17.9 Å². The van der Waals surface area contributed by atoms with Gasteiger partial charge in [0.2, 0.25) is 5.91 Å². The Balaban J connectivity index is 1.66. The molecule has 0 radical (unpaired) electrons. The van der Waals surface area contributed by atoms with Crippen molar-refractivity contribution in [3.05, 3.63) is 65.7 Å². The van der Waals surface area contributed by atoms with Gasteiger partial charge in [-0.25, -0.2) is 8.78 Å². The van der Waals surface area contributed by atoms with E-state index in [0.29, 0.717) is 6.42 Å². The third-order valence-electron chi connectivity index (χ3n) is 3.56. The molecule has 1 amide bonds. The van der Waals surface area contributed by atoms with Crippen molar-refractivity contribution in [3.8, 4) is 0 Å². The summed E-state index contributed by atoms with van der Waals surface area (Å²) in [6.45, 7) is 0. The molecule has 4 heteroatoms. The van der Waals surface area contributed by atoms with Crippen LogP contribution >= 0.6 is 0 Å². The average molecular weight is 273 g/mol. The lowest BCUT2D eigenvalue weighted by molar-refractivity contribution is -0.117. The topological polar surface area (TPSA) is 29.1 Å². The predicted octanol–water partition coefficient (Wildman–Crippen LogP) is 3.71. The third kappa shape index (κ3) is 2.54. The van der Waals surface area contributed by atoms with Crippen molar-refractivity contribution >= 4 is 11.6 Å². The second-order valence-corrected chi connectivity index (χ2v) is 4.97. The first kappa shape index (κ1) is 12.8. The van der Waals surface area contributed by atoms with E-state index in [4.69, 9.17) is 0 Å². The van der Waals surface area contributed by atoms with Gasteiger partial charge in [-0.15, -0.1) is 0 Å². The van der Waals surface area contributed by atoms with E-state index < -0.39 is 5.82 Å². The minimum absolute atomic E-state index is 0.0994. The number of hydrogen-bond donors (Lipinski definition) is 1. The number of para-hydroxylation sites is 1. The van der Waals surface area contributed by atoms with Crippen LogP contribution in [0.4, 0.5) is 14.5 Å². The van der Waals surface area contributed by atoms with Gasteiger partial charge in [-0.3, -0.25) is 4.79 Å². The Morgan fingerprint density at radius 2 is 1.75 bits per heavy atom. The molecule has 2 aromatic carbocycles. The van der Waals surface area contributed by atoms with Crippen molar-refractivity contribution in [1.29, 1.82) is 0 Å². The zero-order valence-electron chi connectivity index (χ0n) is 10.6. The Labute approximate surface area is 115 Å². The fraction of sp³-hybridized carbons (Fsp3) is 0.188. The Morgan fingerprint density at radius 1 is 1.05 bits per heavy atom. The van der Waals surface area contributed by atoms with Crippen molar-refractivity contribution < 1.29 is 13.6 Å². The minimum atomic E-state index is -0.445. The highest BCUT2D eigenvalue weighted by molar-refractivity contribution is 5.95. The molecule has 2 nitrogen and oxygen atoms in total. The van der Waals surface area contributed by atoms with Gasteiger partial charge in [0.05, 0.1) is 5.69 Å². The summed E-state index contributed by atoms with van der Waals surface area (Å²) in [6, 6.07) is 12.2. The molecular weight excluding hydrogens is 260 g/mol. The highest BCUT2D eigenvalue weighted by Crippen LogP contribution is 2.48. The molecule has 0 aliphatic heterocycles. The number of carbonyl (C=O) groups excluding carboxylic acids is 1. The van der Waals surface area contributed by atoms with Crippen molar-refractivity contribution in [3.63, 3.8) is 0 Å². The molecular formula is C16H13F2NO. The Kier molecular flexibility index (Phi) is 3.22. The molecule has 0 heterocycles. The van der Waals surface area contributed by atoms with E-state index in [9.17, 15) is 13.6 Å². The SMILES string of the molecule is O=C(Nc1ccccc1F)C1CC1c1ccc(F)cc1. The van der Waals surface area contributed by atoms with Crippen molar-refractivity contribution in [2.75, 3.05) is 5.32 Å². The lowest BCUT2D eigenvalue weighted by Gasteiger charge is -2.06. The van der Waals surface area contributed by atoms with Gasteiger partial charge >= 0.3 is 0 Å². The summed E-state index contributed by atoms with van der Waals surface area (Å²) < 4.78 is 26.3. The molecule has 1 fully saturated rings. The normalized spacial score (nSPS) is 20.5. The van der Waals surface area contributed by atoms with Crippen LogP contribution in [-0.2, 0) is 4.79 Å². The summed E-state index contributed by atoms with van der Waals surface area (Å²) in [5.41, 5.74) is 1.14. The molecule has 1 aliphatic carbocycles. The van der Waals surface area contributed by atoms with Gasteiger partial charge in [0.25, 0.3) is 0 Å². The zero-order chi connectivity index (χ0) is 14.1. The number of nitrogens with one attached hydrogen (secondary N) is 1. The van der Waals surface area contributed by atoms with Crippen LogP contribution in [-0.4, -0.2) is 5.91 Å². The summed E-state index contributed by atoms with van der Waals surface area (Å²) in [4.78, 5) is 12.0. The number of halogens is 2. The fourth-order valence-electron chi connectivity index (χ4n) is 2.35. The zero-order valence-corrected chi connectivity index (χ0v) is 10.6. The van der Waals surface area contributed by atoms with Crippen LogP contribution in [0.15, 0.2) is 48.5 Å². The van der Waals surface area contributed by atoms with E-state index in [0.717, 1.165) is 5.56 Å². The maximum atomic E-state index is 13.4. The number of amides is 1. The molecule has 2 aromatic rings. The fourth-order valence-corrected chi connectivity index (χ4v) is 2.35. The predicted molar refractivity (Wildman–Crippen MR) is 72.3 cm³/mol.